The van der Waals surface area contributed by atoms with Crippen molar-refractivity contribution in [3.05, 3.63) is 29.8 Å². The molecule has 1 aliphatic rings. The van der Waals surface area contributed by atoms with E-state index in [1.165, 1.54) is 29.7 Å². The first-order chi connectivity index (χ1) is 13.0. The molecule has 11 nitrogen and oxygen atoms in total. The van der Waals surface area contributed by atoms with E-state index < -0.39 is 34.9 Å². The van der Waals surface area contributed by atoms with Gasteiger partial charge in [0.15, 0.2) is 0 Å². The van der Waals surface area contributed by atoms with E-state index in [1.54, 1.807) is 6.92 Å². The fraction of sp³-hybridized carbons (Fsp3) is 0.467. The van der Waals surface area contributed by atoms with Gasteiger partial charge in [-0.05, 0) is 31.9 Å². The van der Waals surface area contributed by atoms with Crippen molar-refractivity contribution in [3.63, 3.8) is 0 Å². The molecule has 0 aromatic heterocycles. The maximum Gasteiger partial charge on any atom is 0.347 e. The lowest BCUT2D eigenvalue weighted by Gasteiger charge is -2.18. The van der Waals surface area contributed by atoms with Crippen LogP contribution in [-0.4, -0.2) is 47.0 Å². The number of benzene rings is 1. The SMILES string of the molecule is Cc1ccc(S(=O)(=O)S(=O)(=O)NC(N)=O)cc1.NC(=O)NN1CCCCCC1. The van der Waals surface area contributed by atoms with Gasteiger partial charge in [-0.15, -0.1) is 0 Å². The molecular formula is C15H25N5O6S2. The van der Waals surface area contributed by atoms with E-state index >= 15 is 0 Å². The van der Waals surface area contributed by atoms with Gasteiger partial charge in [0, 0.05) is 13.1 Å². The Kier molecular flexibility index (Phi) is 8.65. The summed E-state index contributed by atoms with van der Waals surface area (Å²) in [5.74, 6) is 0. The van der Waals surface area contributed by atoms with Crippen molar-refractivity contribution in [2.75, 3.05) is 13.1 Å². The Morgan fingerprint density at radius 3 is 1.82 bits per heavy atom. The average Bonchev–Trinajstić information content (AvgIpc) is 2.82. The molecule has 0 atom stereocenters. The van der Waals surface area contributed by atoms with Crippen molar-refractivity contribution >= 4 is 30.0 Å². The van der Waals surface area contributed by atoms with Crippen LogP contribution >= 0.6 is 0 Å². The van der Waals surface area contributed by atoms with E-state index in [-0.39, 0.29) is 0 Å². The van der Waals surface area contributed by atoms with Crippen LogP contribution in [0.2, 0.25) is 0 Å². The van der Waals surface area contributed by atoms with Crippen LogP contribution in [0, 0.1) is 6.92 Å². The maximum atomic E-state index is 11.6. The molecule has 0 unspecified atom stereocenters. The third kappa shape index (κ3) is 7.32. The van der Waals surface area contributed by atoms with E-state index in [4.69, 9.17) is 5.73 Å². The van der Waals surface area contributed by atoms with Crippen LogP contribution in [0.4, 0.5) is 9.59 Å². The molecule has 1 aromatic rings. The Morgan fingerprint density at radius 1 is 0.893 bits per heavy atom. The van der Waals surface area contributed by atoms with E-state index in [0.29, 0.717) is 0 Å². The third-order valence-electron chi connectivity index (χ3n) is 3.70. The Bertz CT molecular complexity index is 876. The molecule has 1 aromatic carbocycles. The van der Waals surface area contributed by atoms with Crippen LogP contribution in [0.1, 0.15) is 31.2 Å². The lowest BCUT2D eigenvalue weighted by molar-refractivity contribution is 0.187. The molecule has 2 rings (SSSR count). The minimum absolute atomic E-state index is 0.433. The van der Waals surface area contributed by atoms with Gasteiger partial charge in [0.1, 0.15) is 0 Å². The fourth-order valence-corrected chi connectivity index (χ4v) is 5.10. The zero-order valence-electron chi connectivity index (χ0n) is 15.4. The van der Waals surface area contributed by atoms with Crippen molar-refractivity contribution in [2.45, 2.75) is 37.5 Å². The number of amides is 4. The number of nitrogens with zero attached hydrogens (tertiary/aromatic N) is 1. The van der Waals surface area contributed by atoms with E-state index in [1.807, 2.05) is 5.01 Å². The largest absolute Gasteiger partial charge is 0.351 e. The molecule has 1 saturated heterocycles. The third-order valence-corrected chi connectivity index (χ3v) is 8.14. The lowest BCUT2D eigenvalue weighted by Crippen LogP contribution is -2.45. The summed E-state index contributed by atoms with van der Waals surface area (Å²) in [5.41, 5.74) is 12.9. The Balaban J connectivity index is 0.000000307. The number of hydrogen-bond donors (Lipinski definition) is 4. The number of primary amides is 2. The van der Waals surface area contributed by atoms with Gasteiger partial charge in [-0.2, -0.15) is 8.42 Å². The highest BCUT2D eigenvalue weighted by Gasteiger charge is 2.32. The molecule has 13 heteroatoms. The van der Waals surface area contributed by atoms with E-state index in [2.05, 4.69) is 11.2 Å². The first-order valence-electron chi connectivity index (χ1n) is 8.40. The van der Waals surface area contributed by atoms with Crippen molar-refractivity contribution in [2.24, 2.45) is 11.5 Å². The number of carbonyl (C=O) groups is 2. The number of nitrogens with one attached hydrogen (secondary N) is 2. The van der Waals surface area contributed by atoms with Crippen molar-refractivity contribution in [1.29, 1.82) is 0 Å². The molecular weight excluding hydrogens is 410 g/mol. The number of rotatable bonds is 4. The second-order valence-corrected chi connectivity index (χ2v) is 11.2. The van der Waals surface area contributed by atoms with E-state index in [0.717, 1.165) is 43.6 Å². The summed E-state index contributed by atoms with van der Waals surface area (Å²) in [6.45, 7) is 3.58. The highest BCUT2D eigenvalue weighted by Crippen LogP contribution is 2.16. The summed E-state index contributed by atoms with van der Waals surface area (Å²) >= 11 is 0. The topological polar surface area (TPSA) is 182 Å². The van der Waals surface area contributed by atoms with Crippen LogP contribution in [-0.2, 0) is 17.9 Å². The smallest absolute Gasteiger partial charge is 0.347 e. The number of carbonyl (C=O) groups excluding carboxylic acids is 2. The summed E-state index contributed by atoms with van der Waals surface area (Å²) in [5, 5.41) is 1.90. The summed E-state index contributed by atoms with van der Waals surface area (Å²) in [6.07, 6.45) is 4.83. The molecule has 1 heterocycles. The molecule has 0 radical (unpaired) electrons. The zero-order chi connectivity index (χ0) is 21.4. The maximum absolute atomic E-state index is 11.6. The zero-order valence-corrected chi connectivity index (χ0v) is 17.1. The quantitative estimate of drug-likeness (QED) is 0.484. The molecule has 6 N–H and O–H groups in total. The van der Waals surface area contributed by atoms with Crippen LogP contribution in [0.25, 0.3) is 0 Å². The van der Waals surface area contributed by atoms with Crippen molar-refractivity contribution < 1.29 is 26.4 Å². The number of aryl methyl sites for hydroxylation is 1. The summed E-state index contributed by atoms with van der Waals surface area (Å²) in [6, 6.07) is 3.22. The highest BCUT2D eigenvalue weighted by molar-refractivity contribution is 8.66. The monoisotopic (exact) mass is 435 g/mol. The Hall–Kier alpha value is -2.38. The number of urea groups is 2. The minimum Gasteiger partial charge on any atom is -0.351 e. The van der Waals surface area contributed by atoms with Crippen molar-refractivity contribution in [1.82, 2.24) is 15.2 Å². The highest BCUT2D eigenvalue weighted by atomic mass is 33.2. The molecule has 1 aliphatic heterocycles. The molecule has 0 bridgehead atoms. The lowest BCUT2D eigenvalue weighted by atomic mass is 10.2. The van der Waals surface area contributed by atoms with Gasteiger partial charge in [-0.1, -0.05) is 30.5 Å². The van der Waals surface area contributed by atoms with Gasteiger partial charge in [0.2, 0.25) is 0 Å². The molecule has 28 heavy (non-hydrogen) atoms. The van der Waals surface area contributed by atoms with Crippen LogP contribution in [0.5, 0.6) is 0 Å². The molecule has 0 saturated carbocycles. The average molecular weight is 436 g/mol. The standard InChI is InChI=1S/C8H10N2O5S2.C7H15N3O/c1-6-2-4-7(5-3-6)16(12,13)17(14,15)10-8(9)11;8-7(11)9-10-5-3-1-2-4-6-10/h2-5H,1H3,(H3,9,10,11);1-6H2,(H3,8,9,11). The molecule has 0 aliphatic carbocycles. The van der Waals surface area contributed by atoms with Gasteiger partial charge >= 0.3 is 21.1 Å². The fourth-order valence-electron chi connectivity index (χ4n) is 2.35. The van der Waals surface area contributed by atoms with Crippen LogP contribution in [0.3, 0.4) is 0 Å². The predicted molar refractivity (Wildman–Crippen MR) is 103 cm³/mol. The normalized spacial score (nSPS) is 15.5. The van der Waals surface area contributed by atoms with Gasteiger partial charge in [0.05, 0.1) is 4.90 Å². The first-order valence-corrected chi connectivity index (χ1v) is 11.9. The number of hydrogen-bond acceptors (Lipinski definition) is 7. The second kappa shape index (κ2) is 10.2. The molecule has 1 fully saturated rings. The Morgan fingerprint density at radius 2 is 1.39 bits per heavy atom. The van der Waals surface area contributed by atoms with Gasteiger partial charge in [0.25, 0.3) is 8.87 Å². The first kappa shape index (κ1) is 23.7. The molecule has 4 amide bonds. The second-order valence-electron chi connectivity index (χ2n) is 6.06. The molecule has 0 spiro atoms. The minimum atomic E-state index is -4.88. The van der Waals surface area contributed by atoms with E-state index in [9.17, 15) is 26.4 Å². The summed E-state index contributed by atoms with van der Waals surface area (Å²) < 4.78 is 47.2. The Labute approximate surface area is 163 Å². The van der Waals surface area contributed by atoms with Gasteiger partial charge < -0.3 is 11.5 Å². The van der Waals surface area contributed by atoms with Crippen LogP contribution in [0.15, 0.2) is 29.2 Å². The van der Waals surface area contributed by atoms with Crippen molar-refractivity contribution in [3.8, 4) is 0 Å². The predicted octanol–water partition coefficient (Wildman–Crippen LogP) is 0.128. The summed E-state index contributed by atoms with van der Waals surface area (Å²) in [7, 11) is -9.57. The van der Waals surface area contributed by atoms with Gasteiger partial charge in [-0.3, -0.25) is 5.43 Å². The molecule has 158 valence electrons. The number of hydrazine groups is 1. The summed E-state index contributed by atoms with van der Waals surface area (Å²) in [4.78, 5) is 20.4. The number of nitrogens with two attached hydrogens (primary N) is 2. The van der Waals surface area contributed by atoms with Crippen LogP contribution < -0.4 is 21.6 Å². The van der Waals surface area contributed by atoms with Gasteiger partial charge in [-0.25, -0.2) is 27.7 Å².